The molecule has 0 saturated carbocycles. The van der Waals surface area contributed by atoms with Crippen LogP contribution >= 0.6 is 0 Å². The lowest BCUT2D eigenvalue weighted by atomic mass is 10.1. The van der Waals surface area contributed by atoms with E-state index in [9.17, 15) is 14.4 Å². The van der Waals surface area contributed by atoms with Crippen molar-refractivity contribution in [1.82, 2.24) is 0 Å². The fraction of sp³-hybridized carbons (Fsp3) is 0.308. The molecule has 0 heterocycles. The highest BCUT2D eigenvalue weighted by atomic mass is 16.6. The topological polar surface area (TPSA) is 105 Å². The lowest BCUT2D eigenvalue weighted by Crippen LogP contribution is -2.23. The summed E-state index contributed by atoms with van der Waals surface area (Å²) in [4.78, 5) is 32.9. The number of ketones is 1. The van der Waals surface area contributed by atoms with Crippen molar-refractivity contribution >= 4 is 17.7 Å². The van der Waals surface area contributed by atoms with Crippen LogP contribution in [0.5, 0.6) is 11.5 Å². The number of carbonyl (C=O) groups excluding carboxylic acids is 3. The molecule has 2 N–H and O–H groups in total. The van der Waals surface area contributed by atoms with Gasteiger partial charge in [0.25, 0.3) is 5.91 Å². The lowest BCUT2D eigenvalue weighted by Gasteiger charge is -2.11. The monoisotopic (exact) mass is 281 g/mol. The minimum atomic E-state index is -0.748. The molecular weight excluding hydrogens is 266 g/mol. The predicted molar refractivity (Wildman–Crippen MR) is 68.6 cm³/mol. The maximum Gasteiger partial charge on any atom is 0.344 e. The van der Waals surface area contributed by atoms with Gasteiger partial charge in [-0.1, -0.05) is 0 Å². The van der Waals surface area contributed by atoms with Crippen LogP contribution in [0, 0.1) is 0 Å². The molecule has 0 radical (unpaired) electrons. The van der Waals surface area contributed by atoms with Crippen LogP contribution in [-0.2, 0) is 14.3 Å². The Balaban J connectivity index is 2.66. The van der Waals surface area contributed by atoms with E-state index in [4.69, 9.17) is 15.2 Å². The molecule has 0 unspecified atom stereocenters. The first-order valence-corrected chi connectivity index (χ1v) is 5.69. The van der Waals surface area contributed by atoms with Crippen LogP contribution in [0.4, 0.5) is 0 Å². The Kier molecular flexibility index (Phi) is 5.52. The van der Waals surface area contributed by atoms with E-state index in [1.165, 1.54) is 26.2 Å². The predicted octanol–water partition coefficient (Wildman–Crippen LogP) is 0.305. The number of rotatable bonds is 7. The zero-order chi connectivity index (χ0) is 15.1. The average Bonchev–Trinajstić information content (AvgIpc) is 2.42. The molecule has 0 aliphatic rings. The highest BCUT2D eigenvalue weighted by molar-refractivity contribution is 5.94. The van der Waals surface area contributed by atoms with Crippen molar-refractivity contribution in [2.24, 2.45) is 5.73 Å². The fourth-order valence-corrected chi connectivity index (χ4v) is 1.34. The summed E-state index contributed by atoms with van der Waals surface area (Å²) < 4.78 is 14.8. The summed E-state index contributed by atoms with van der Waals surface area (Å²) in [7, 11) is 1.41. The van der Waals surface area contributed by atoms with Crippen LogP contribution in [0.3, 0.4) is 0 Å². The molecule has 0 aromatic heterocycles. The quantitative estimate of drug-likeness (QED) is 0.569. The van der Waals surface area contributed by atoms with E-state index in [0.29, 0.717) is 11.3 Å². The molecule has 0 fully saturated rings. The molecule has 108 valence electrons. The maximum absolute atomic E-state index is 11.2. The largest absolute Gasteiger partial charge is 0.493 e. The van der Waals surface area contributed by atoms with Gasteiger partial charge in [0.15, 0.2) is 30.5 Å². The second kappa shape index (κ2) is 7.13. The summed E-state index contributed by atoms with van der Waals surface area (Å²) in [5.74, 6) is -0.993. The van der Waals surface area contributed by atoms with Gasteiger partial charge in [-0.3, -0.25) is 9.59 Å². The number of hydrogen-bond acceptors (Lipinski definition) is 6. The van der Waals surface area contributed by atoms with Gasteiger partial charge in [-0.15, -0.1) is 0 Å². The maximum atomic E-state index is 11.2. The number of benzene rings is 1. The molecule has 1 aromatic carbocycles. The molecule has 1 amide bonds. The van der Waals surface area contributed by atoms with E-state index in [1.54, 1.807) is 6.07 Å². The van der Waals surface area contributed by atoms with E-state index in [1.807, 2.05) is 0 Å². The SMILES string of the molecule is COc1cc(C(C)=O)ccc1OCC(=O)OCC(N)=O. The molecule has 0 aliphatic carbocycles. The van der Waals surface area contributed by atoms with Crippen molar-refractivity contribution in [1.29, 1.82) is 0 Å². The van der Waals surface area contributed by atoms with E-state index < -0.39 is 25.1 Å². The molecule has 0 atom stereocenters. The van der Waals surface area contributed by atoms with Crippen LogP contribution in [0.25, 0.3) is 0 Å². The lowest BCUT2D eigenvalue weighted by molar-refractivity contribution is -0.149. The summed E-state index contributed by atoms with van der Waals surface area (Å²) in [5.41, 5.74) is 5.29. The average molecular weight is 281 g/mol. The van der Waals surface area contributed by atoms with Crippen LogP contribution < -0.4 is 15.2 Å². The Morgan fingerprint density at radius 3 is 2.40 bits per heavy atom. The van der Waals surface area contributed by atoms with Gasteiger partial charge in [0.05, 0.1) is 7.11 Å². The van der Waals surface area contributed by atoms with Crippen LogP contribution in [0.15, 0.2) is 18.2 Å². The number of Topliss-reactive ketones (excluding diaryl/α,β-unsaturated/α-hetero) is 1. The summed E-state index contributed by atoms with van der Waals surface area (Å²) in [6, 6.07) is 4.57. The zero-order valence-electron chi connectivity index (χ0n) is 11.2. The van der Waals surface area contributed by atoms with Crippen LogP contribution in [0.2, 0.25) is 0 Å². The van der Waals surface area contributed by atoms with Gasteiger partial charge >= 0.3 is 5.97 Å². The van der Waals surface area contributed by atoms with Gasteiger partial charge in [-0.25, -0.2) is 4.79 Å². The molecule has 7 nitrogen and oxygen atoms in total. The standard InChI is InChI=1S/C13H15NO6/c1-8(15)9-3-4-10(11(5-9)18-2)19-7-13(17)20-6-12(14)16/h3-5H,6-7H2,1-2H3,(H2,14,16). The first-order chi connectivity index (χ1) is 9.43. The van der Waals surface area contributed by atoms with E-state index in [0.717, 1.165) is 0 Å². The third-order valence-electron chi connectivity index (χ3n) is 2.29. The molecule has 7 heteroatoms. The summed E-state index contributed by atoms with van der Waals surface area (Å²) in [6.07, 6.45) is 0. The molecule has 0 aliphatic heterocycles. The van der Waals surface area contributed by atoms with Crippen molar-refractivity contribution in [3.63, 3.8) is 0 Å². The molecule has 0 saturated heterocycles. The van der Waals surface area contributed by atoms with Gasteiger partial charge in [0.2, 0.25) is 0 Å². The van der Waals surface area contributed by atoms with Crippen LogP contribution in [-0.4, -0.2) is 38.0 Å². The van der Waals surface area contributed by atoms with Crippen LogP contribution in [0.1, 0.15) is 17.3 Å². The number of hydrogen-bond donors (Lipinski definition) is 1. The van der Waals surface area contributed by atoms with Gasteiger partial charge in [-0.05, 0) is 25.1 Å². The Morgan fingerprint density at radius 1 is 1.15 bits per heavy atom. The number of methoxy groups -OCH3 is 1. The molecular formula is C13H15NO6. The number of primary amides is 1. The van der Waals surface area contributed by atoms with Crippen molar-refractivity contribution in [2.45, 2.75) is 6.92 Å². The Bertz CT molecular complexity index is 526. The highest BCUT2D eigenvalue weighted by Gasteiger charge is 2.11. The molecule has 1 aromatic rings. The van der Waals surface area contributed by atoms with E-state index >= 15 is 0 Å². The fourth-order valence-electron chi connectivity index (χ4n) is 1.34. The Morgan fingerprint density at radius 2 is 1.85 bits per heavy atom. The van der Waals surface area contributed by atoms with Crippen molar-refractivity contribution in [3.8, 4) is 11.5 Å². The first kappa shape index (κ1) is 15.5. The smallest absolute Gasteiger partial charge is 0.344 e. The van der Waals surface area contributed by atoms with Gasteiger partial charge in [-0.2, -0.15) is 0 Å². The van der Waals surface area contributed by atoms with Gasteiger partial charge < -0.3 is 19.9 Å². The number of amides is 1. The summed E-state index contributed by atoms with van der Waals surface area (Å²) in [5, 5.41) is 0. The highest BCUT2D eigenvalue weighted by Crippen LogP contribution is 2.28. The third kappa shape index (κ3) is 4.60. The molecule has 20 heavy (non-hydrogen) atoms. The summed E-state index contributed by atoms with van der Waals surface area (Å²) >= 11 is 0. The van der Waals surface area contributed by atoms with Crippen molar-refractivity contribution in [2.75, 3.05) is 20.3 Å². The second-order valence-electron chi connectivity index (χ2n) is 3.84. The van der Waals surface area contributed by atoms with Crippen molar-refractivity contribution < 1.29 is 28.6 Å². The van der Waals surface area contributed by atoms with E-state index in [2.05, 4.69) is 4.74 Å². The number of nitrogens with two attached hydrogens (primary N) is 1. The first-order valence-electron chi connectivity index (χ1n) is 5.69. The number of carbonyl (C=O) groups is 3. The van der Waals surface area contributed by atoms with Crippen molar-refractivity contribution in [3.05, 3.63) is 23.8 Å². The number of ether oxygens (including phenoxy) is 3. The minimum Gasteiger partial charge on any atom is -0.493 e. The molecule has 0 spiro atoms. The molecule has 0 bridgehead atoms. The third-order valence-corrected chi connectivity index (χ3v) is 2.29. The summed E-state index contributed by atoms with van der Waals surface area (Å²) in [6.45, 7) is 0.530. The normalized spacial score (nSPS) is 9.70. The molecule has 1 rings (SSSR count). The number of esters is 1. The van der Waals surface area contributed by atoms with Gasteiger partial charge in [0, 0.05) is 5.56 Å². The zero-order valence-corrected chi connectivity index (χ0v) is 11.2. The Hall–Kier alpha value is -2.57. The minimum absolute atomic E-state index is 0.115. The van der Waals surface area contributed by atoms with Gasteiger partial charge in [0.1, 0.15) is 0 Å². The Labute approximate surface area is 115 Å². The van der Waals surface area contributed by atoms with E-state index in [-0.39, 0.29) is 11.5 Å². The second-order valence-corrected chi connectivity index (χ2v) is 3.84.